The van der Waals surface area contributed by atoms with E-state index in [4.69, 9.17) is 10.5 Å². The third-order valence-corrected chi connectivity index (χ3v) is 4.42. The van der Waals surface area contributed by atoms with Gasteiger partial charge in [-0.3, -0.25) is 0 Å². The average molecular weight is 241 g/mol. The van der Waals surface area contributed by atoms with Crippen LogP contribution in [0.2, 0.25) is 0 Å². The van der Waals surface area contributed by atoms with Gasteiger partial charge in [0.15, 0.2) is 0 Å². The third kappa shape index (κ3) is 2.99. The molecule has 4 heteroatoms. The number of rotatable bonds is 3. The van der Waals surface area contributed by atoms with Crippen molar-refractivity contribution in [2.45, 2.75) is 31.8 Å². The molecule has 17 heavy (non-hydrogen) atoms. The third-order valence-electron chi connectivity index (χ3n) is 4.42. The zero-order chi connectivity index (χ0) is 12.5. The van der Waals surface area contributed by atoms with Gasteiger partial charge in [0.2, 0.25) is 0 Å². The number of nitrogens with zero attached hydrogens (tertiary/aromatic N) is 2. The van der Waals surface area contributed by atoms with Crippen LogP contribution in [0.15, 0.2) is 0 Å². The lowest BCUT2D eigenvalue weighted by atomic mass is 9.84. The minimum absolute atomic E-state index is 0.147. The Hall–Kier alpha value is -0.160. The Kier molecular flexibility index (Phi) is 4.08. The van der Waals surface area contributed by atoms with Crippen molar-refractivity contribution >= 4 is 0 Å². The zero-order valence-corrected chi connectivity index (χ0v) is 11.5. The lowest BCUT2D eigenvalue weighted by molar-refractivity contribution is 0.0765. The fraction of sp³-hybridized carbons (Fsp3) is 1.00. The van der Waals surface area contributed by atoms with Crippen molar-refractivity contribution in [2.24, 2.45) is 11.1 Å². The van der Waals surface area contributed by atoms with Crippen LogP contribution in [0.5, 0.6) is 0 Å². The molecule has 3 atom stereocenters. The van der Waals surface area contributed by atoms with Gasteiger partial charge in [-0.25, -0.2) is 0 Å². The van der Waals surface area contributed by atoms with Gasteiger partial charge in [-0.05, 0) is 33.5 Å². The molecular formula is C13H27N3O. The van der Waals surface area contributed by atoms with Crippen LogP contribution >= 0.6 is 0 Å². The van der Waals surface area contributed by atoms with Crippen LogP contribution in [-0.4, -0.2) is 68.8 Å². The highest BCUT2D eigenvalue weighted by Gasteiger charge is 2.39. The molecule has 2 aliphatic heterocycles. The van der Waals surface area contributed by atoms with E-state index < -0.39 is 0 Å². The van der Waals surface area contributed by atoms with Crippen LogP contribution in [0.3, 0.4) is 0 Å². The molecule has 0 aromatic rings. The molecule has 0 aromatic heterocycles. The molecule has 2 aliphatic rings. The molecule has 2 N–H and O–H groups in total. The Morgan fingerprint density at radius 3 is 2.82 bits per heavy atom. The second-order valence-corrected chi connectivity index (χ2v) is 6.27. The summed E-state index contributed by atoms with van der Waals surface area (Å²) in [6, 6.07) is 0.896. The molecule has 2 fully saturated rings. The van der Waals surface area contributed by atoms with E-state index in [0.29, 0.717) is 6.04 Å². The molecule has 4 nitrogen and oxygen atoms in total. The van der Waals surface area contributed by atoms with E-state index in [1.165, 1.54) is 25.9 Å². The maximum absolute atomic E-state index is 6.16. The van der Waals surface area contributed by atoms with E-state index in [-0.39, 0.29) is 11.5 Å². The number of likely N-dealkylation sites (tertiary alicyclic amines) is 1. The number of hydrogen-bond acceptors (Lipinski definition) is 4. The SMILES string of the molecule is CN(C)C1CCCN(CC2(C)COCC2N)C1. The van der Waals surface area contributed by atoms with Crippen molar-refractivity contribution in [3.05, 3.63) is 0 Å². The van der Waals surface area contributed by atoms with E-state index in [9.17, 15) is 0 Å². The van der Waals surface area contributed by atoms with Crippen LogP contribution in [0, 0.1) is 5.41 Å². The summed E-state index contributed by atoms with van der Waals surface area (Å²) in [6.07, 6.45) is 2.62. The topological polar surface area (TPSA) is 41.7 Å². The maximum atomic E-state index is 6.16. The average Bonchev–Trinajstić information content (AvgIpc) is 2.59. The van der Waals surface area contributed by atoms with E-state index in [0.717, 1.165) is 19.8 Å². The van der Waals surface area contributed by atoms with E-state index >= 15 is 0 Å². The minimum Gasteiger partial charge on any atom is -0.379 e. The molecule has 2 saturated heterocycles. The van der Waals surface area contributed by atoms with Crippen molar-refractivity contribution < 1.29 is 4.74 Å². The molecule has 100 valence electrons. The van der Waals surface area contributed by atoms with Crippen LogP contribution in [0.25, 0.3) is 0 Å². The molecule has 2 rings (SSSR count). The van der Waals surface area contributed by atoms with Gasteiger partial charge in [-0.15, -0.1) is 0 Å². The first-order chi connectivity index (χ1) is 8.01. The predicted octanol–water partition coefficient (Wildman–Crippen LogP) is 0.376. The minimum atomic E-state index is 0.147. The molecule has 0 aliphatic carbocycles. The zero-order valence-electron chi connectivity index (χ0n) is 11.5. The molecule has 0 radical (unpaired) electrons. The summed E-state index contributed by atoms with van der Waals surface area (Å²) in [5, 5.41) is 0. The fourth-order valence-corrected chi connectivity index (χ4v) is 3.00. The van der Waals surface area contributed by atoms with E-state index in [1.54, 1.807) is 0 Å². The highest BCUT2D eigenvalue weighted by molar-refractivity contribution is 4.93. The largest absolute Gasteiger partial charge is 0.379 e. The Morgan fingerprint density at radius 1 is 1.47 bits per heavy atom. The summed E-state index contributed by atoms with van der Waals surface area (Å²) >= 11 is 0. The summed E-state index contributed by atoms with van der Waals surface area (Å²) in [7, 11) is 4.36. The molecule has 3 unspecified atom stereocenters. The second kappa shape index (κ2) is 5.22. The normalized spacial score (nSPS) is 40.1. The number of nitrogens with two attached hydrogens (primary N) is 1. The summed E-state index contributed by atoms with van der Waals surface area (Å²) in [4.78, 5) is 4.92. The van der Waals surface area contributed by atoms with Crippen LogP contribution in [-0.2, 0) is 4.74 Å². The quantitative estimate of drug-likeness (QED) is 0.775. The van der Waals surface area contributed by atoms with E-state index in [2.05, 4.69) is 30.8 Å². The Morgan fingerprint density at radius 2 is 2.24 bits per heavy atom. The van der Waals surface area contributed by atoms with Crippen molar-refractivity contribution in [3.63, 3.8) is 0 Å². The molecule has 0 spiro atoms. The molecule has 0 aromatic carbocycles. The van der Waals surface area contributed by atoms with Crippen molar-refractivity contribution in [1.82, 2.24) is 9.80 Å². The molecule has 0 bridgehead atoms. The Bertz CT molecular complexity index is 259. The smallest absolute Gasteiger partial charge is 0.0624 e. The summed E-state index contributed by atoms with van der Waals surface area (Å²) < 4.78 is 5.53. The van der Waals surface area contributed by atoms with Crippen LogP contribution in [0.4, 0.5) is 0 Å². The van der Waals surface area contributed by atoms with Gasteiger partial charge in [-0.2, -0.15) is 0 Å². The molecule has 0 saturated carbocycles. The molecule has 0 amide bonds. The summed E-state index contributed by atoms with van der Waals surface area (Å²) in [6.45, 7) is 7.28. The van der Waals surface area contributed by atoms with Gasteiger partial charge >= 0.3 is 0 Å². The number of hydrogen-bond donors (Lipinski definition) is 1. The molecule has 2 heterocycles. The summed E-state index contributed by atoms with van der Waals surface area (Å²) in [5.74, 6) is 0. The second-order valence-electron chi connectivity index (χ2n) is 6.27. The number of piperidine rings is 1. The van der Waals surface area contributed by atoms with Crippen LogP contribution < -0.4 is 5.73 Å². The van der Waals surface area contributed by atoms with Gasteiger partial charge in [0.1, 0.15) is 0 Å². The van der Waals surface area contributed by atoms with Gasteiger partial charge < -0.3 is 20.3 Å². The Balaban J connectivity index is 1.90. The first-order valence-electron chi connectivity index (χ1n) is 6.73. The van der Waals surface area contributed by atoms with Gasteiger partial charge in [0.05, 0.1) is 13.2 Å². The van der Waals surface area contributed by atoms with Crippen molar-refractivity contribution in [2.75, 3.05) is 46.9 Å². The standard InChI is InChI=1S/C13H27N3O/c1-13(10-17-8-12(13)14)9-16-6-4-5-11(7-16)15(2)3/h11-12H,4-10,14H2,1-3H3. The fourth-order valence-electron chi connectivity index (χ4n) is 3.00. The maximum Gasteiger partial charge on any atom is 0.0624 e. The summed E-state index contributed by atoms with van der Waals surface area (Å²) in [5.41, 5.74) is 6.31. The van der Waals surface area contributed by atoms with Gasteiger partial charge in [0.25, 0.3) is 0 Å². The lowest BCUT2D eigenvalue weighted by Gasteiger charge is -2.40. The lowest BCUT2D eigenvalue weighted by Crippen LogP contribution is -2.52. The number of likely N-dealkylation sites (N-methyl/N-ethyl adjacent to an activating group) is 1. The highest BCUT2D eigenvalue weighted by atomic mass is 16.5. The van der Waals surface area contributed by atoms with Crippen molar-refractivity contribution in [3.8, 4) is 0 Å². The molecular weight excluding hydrogens is 214 g/mol. The first kappa shape index (κ1) is 13.3. The Labute approximate surface area is 105 Å². The predicted molar refractivity (Wildman–Crippen MR) is 70.1 cm³/mol. The monoisotopic (exact) mass is 241 g/mol. The van der Waals surface area contributed by atoms with Gasteiger partial charge in [0, 0.05) is 30.6 Å². The van der Waals surface area contributed by atoms with E-state index in [1.807, 2.05) is 0 Å². The first-order valence-corrected chi connectivity index (χ1v) is 6.73. The highest BCUT2D eigenvalue weighted by Crippen LogP contribution is 2.29. The van der Waals surface area contributed by atoms with Gasteiger partial charge in [-0.1, -0.05) is 6.92 Å². The van der Waals surface area contributed by atoms with Crippen molar-refractivity contribution in [1.29, 1.82) is 0 Å². The number of ether oxygens (including phenoxy) is 1. The van der Waals surface area contributed by atoms with Crippen LogP contribution in [0.1, 0.15) is 19.8 Å².